The van der Waals surface area contributed by atoms with Gasteiger partial charge in [0.15, 0.2) is 0 Å². The van der Waals surface area contributed by atoms with Crippen LogP contribution >= 0.6 is 11.6 Å². The fourth-order valence-corrected chi connectivity index (χ4v) is 3.30. The van der Waals surface area contributed by atoms with Gasteiger partial charge in [0.2, 0.25) is 0 Å². The molecule has 1 amide bonds. The summed E-state index contributed by atoms with van der Waals surface area (Å²) >= 11 is 6.19. The summed E-state index contributed by atoms with van der Waals surface area (Å²) in [5.41, 5.74) is 10.2. The zero-order valence-electron chi connectivity index (χ0n) is 14.7. The van der Waals surface area contributed by atoms with Gasteiger partial charge in [0.05, 0.1) is 5.70 Å². The summed E-state index contributed by atoms with van der Waals surface area (Å²) in [6, 6.07) is 4.70. The van der Waals surface area contributed by atoms with E-state index in [4.69, 9.17) is 28.5 Å². The number of alkyl halides is 3. The van der Waals surface area contributed by atoms with Gasteiger partial charge in [0, 0.05) is 23.3 Å². The first kappa shape index (κ1) is 21.1. The van der Waals surface area contributed by atoms with Crippen LogP contribution in [0.2, 0.25) is 5.02 Å². The third kappa shape index (κ3) is 5.63. The van der Waals surface area contributed by atoms with Crippen molar-refractivity contribution in [3.63, 3.8) is 0 Å². The predicted octanol–water partition coefficient (Wildman–Crippen LogP) is 4.01. The highest BCUT2D eigenvalue weighted by molar-refractivity contribution is 6.31. The monoisotopic (exact) mass is 402 g/mol. The van der Waals surface area contributed by atoms with Gasteiger partial charge >= 0.3 is 6.18 Å². The van der Waals surface area contributed by atoms with Crippen molar-refractivity contribution in [2.45, 2.75) is 50.9 Å². The lowest BCUT2D eigenvalue weighted by Crippen LogP contribution is -2.43. The van der Waals surface area contributed by atoms with Gasteiger partial charge in [0.1, 0.15) is 5.71 Å². The minimum absolute atomic E-state index is 0.0846. The molecule has 5 nitrogen and oxygen atoms in total. The maximum atomic E-state index is 12.8. The molecule has 0 bridgehead atoms. The summed E-state index contributed by atoms with van der Waals surface area (Å²) in [6.45, 7) is 0.0846. The van der Waals surface area contributed by atoms with Gasteiger partial charge in [0.25, 0.3) is 5.91 Å². The molecule has 0 heterocycles. The largest absolute Gasteiger partial charge is 0.432 e. The van der Waals surface area contributed by atoms with Crippen LogP contribution in [0.15, 0.2) is 30.0 Å². The number of anilines is 1. The summed E-state index contributed by atoms with van der Waals surface area (Å²) in [6.07, 6.45) is -0.161. The van der Waals surface area contributed by atoms with Gasteiger partial charge < -0.3 is 16.4 Å². The number of nitrogens with one attached hydrogen (secondary N) is 1. The molecule has 0 spiro atoms. The SMILES string of the molecule is N=C(/C=C(\N)C(=O)N(Cc1cc(N)ccc1Cl)C1CCCCC1)C(F)(F)F. The Hall–Kier alpha value is -2.22. The van der Waals surface area contributed by atoms with Crippen LogP contribution < -0.4 is 11.5 Å². The topological polar surface area (TPSA) is 96.2 Å². The molecule has 0 saturated heterocycles. The molecule has 1 aromatic carbocycles. The van der Waals surface area contributed by atoms with Crippen LogP contribution in [-0.4, -0.2) is 28.7 Å². The van der Waals surface area contributed by atoms with Crippen molar-refractivity contribution in [1.29, 1.82) is 5.41 Å². The maximum absolute atomic E-state index is 12.8. The standard InChI is InChI=1S/C18H22ClF3N4O/c19-14-7-6-12(23)8-11(14)10-26(13-4-2-1-3-5-13)17(27)15(24)9-16(25)18(20,21)22/h6-9,13,25H,1-5,10,23-24H2/b15-9-,25-16?. The molecule has 1 aromatic rings. The molecule has 5 N–H and O–H groups in total. The Labute approximate surface area is 160 Å². The van der Waals surface area contributed by atoms with E-state index in [1.54, 1.807) is 18.2 Å². The van der Waals surface area contributed by atoms with Gasteiger partial charge in [-0.25, -0.2) is 0 Å². The first-order valence-corrected chi connectivity index (χ1v) is 8.95. The van der Waals surface area contributed by atoms with Crippen LogP contribution in [-0.2, 0) is 11.3 Å². The summed E-state index contributed by atoms with van der Waals surface area (Å²) in [5, 5.41) is 7.45. The van der Waals surface area contributed by atoms with Crippen molar-refractivity contribution in [2.75, 3.05) is 5.73 Å². The van der Waals surface area contributed by atoms with E-state index < -0.39 is 23.5 Å². The number of allylic oxidation sites excluding steroid dienone is 1. The molecule has 1 aliphatic carbocycles. The summed E-state index contributed by atoms with van der Waals surface area (Å²) in [5.74, 6) is -0.741. The molecule has 1 fully saturated rings. The summed E-state index contributed by atoms with van der Waals surface area (Å²) < 4.78 is 37.8. The number of carbonyl (C=O) groups is 1. The summed E-state index contributed by atoms with van der Waals surface area (Å²) in [4.78, 5) is 14.2. The second-order valence-electron chi connectivity index (χ2n) is 6.59. The van der Waals surface area contributed by atoms with Crippen molar-refractivity contribution < 1.29 is 18.0 Å². The van der Waals surface area contributed by atoms with Crippen LogP contribution in [0.3, 0.4) is 0 Å². The lowest BCUT2D eigenvalue weighted by atomic mass is 9.93. The van der Waals surface area contributed by atoms with E-state index in [2.05, 4.69) is 0 Å². The molecule has 2 rings (SSSR count). The van der Waals surface area contributed by atoms with E-state index in [1.807, 2.05) is 0 Å². The molecule has 0 aliphatic heterocycles. The molecule has 1 aliphatic rings. The molecule has 0 unspecified atom stereocenters. The number of hydrogen-bond donors (Lipinski definition) is 3. The highest BCUT2D eigenvalue weighted by Gasteiger charge is 2.34. The van der Waals surface area contributed by atoms with E-state index in [-0.39, 0.29) is 12.6 Å². The number of nitrogens with two attached hydrogens (primary N) is 2. The van der Waals surface area contributed by atoms with Crippen LogP contribution in [0.5, 0.6) is 0 Å². The zero-order chi connectivity index (χ0) is 20.2. The fourth-order valence-electron chi connectivity index (χ4n) is 3.12. The number of nitrogen functional groups attached to an aromatic ring is 1. The highest BCUT2D eigenvalue weighted by Crippen LogP contribution is 2.28. The van der Waals surface area contributed by atoms with Crippen molar-refractivity contribution in [2.24, 2.45) is 5.73 Å². The molecule has 9 heteroatoms. The molecule has 0 atom stereocenters. The number of amides is 1. The van der Waals surface area contributed by atoms with E-state index in [0.717, 1.165) is 32.1 Å². The van der Waals surface area contributed by atoms with Gasteiger partial charge in [-0.2, -0.15) is 13.2 Å². The molecular formula is C18H22ClF3N4O. The highest BCUT2D eigenvalue weighted by atomic mass is 35.5. The Morgan fingerprint density at radius 2 is 1.93 bits per heavy atom. The van der Waals surface area contributed by atoms with Gasteiger partial charge in [-0.1, -0.05) is 30.9 Å². The van der Waals surface area contributed by atoms with Gasteiger partial charge in [-0.05, 0) is 42.7 Å². The van der Waals surface area contributed by atoms with E-state index >= 15 is 0 Å². The quantitative estimate of drug-likeness (QED) is 0.394. The van der Waals surface area contributed by atoms with Gasteiger partial charge in [-0.15, -0.1) is 0 Å². The molecule has 27 heavy (non-hydrogen) atoms. The molecule has 1 saturated carbocycles. The van der Waals surface area contributed by atoms with Crippen molar-refractivity contribution in [3.8, 4) is 0 Å². The second-order valence-corrected chi connectivity index (χ2v) is 6.99. The Kier molecular flexibility index (Phi) is 6.75. The zero-order valence-corrected chi connectivity index (χ0v) is 15.4. The number of benzene rings is 1. The smallest absolute Gasteiger partial charge is 0.399 e. The molecule has 0 aromatic heterocycles. The Bertz CT molecular complexity index is 743. The van der Waals surface area contributed by atoms with Crippen LogP contribution in [0.4, 0.5) is 18.9 Å². The van der Waals surface area contributed by atoms with Crippen molar-refractivity contribution in [3.05, 3.63) is 40.6 Å². The van der Waals surface area contributed by atoms with Gasteiger partial charge in [-0.3, -0.25) is 10.2 Å². The maximum Gasteiger partial charge on any atom is 0.432 e. The van der Waals surface area contributed by atoms with E-state index in [1.165, 1.54) is 4.90 Å². The Balaban J connectivity index is 2.31. The number of halogens is 4. The Morgan fingerprint density at radius 1 is 1.30 bits per heavy atom. The lowest BCUT2D eigenvalue weighted by molar-refractivity contribution is -0.130. The molecule has 0 radical (unpaired) electrons. The number of nitrogens with zero attached hydrogens (tertiary/aromatic N) is 1. The van der Waals surface area contributed by atoms with Crippen LogP contribution in [0.1, 0.15) is 37.7 Å². The van der Waals surface area contributed by atoms with Crippen molar-refractivity contribution >= 4 is 28.9 Å². The molecule has 148 valence electrons. The third-order valence-electron chi connectivity index (χ3n) is 4.54. The number of hydrogen-bond acceptors (Lipinski definition) is 4. The normalized spacial score (nSPS) is 16.2. The first-order chi connectivity index (χ1) is 12.6. The minimum Gasteiger partial charge on any atom is -0.399 e. The van der Waals surface area contributed by atoms with E-state index in [9.17, 15) is 18.0 Å². The molecular weight excluding hydrogens is 381 g/mol. The summed E-state index contributed by atoms with van der Waals surface area (Å²) in [7, 11) is 0. The first-order valence-electron chi connectivity index (χ1n) is 8.57. The average molecular weight is 403 g/mol. The number of carbonyl (C=O) groups excluding carboxylic acids is 1. The predicted molar refractivity (Wildman–Crippen MR) is 99.3 cm³/mol. The average Bonchev–Trinajstić information content (AvgIpc) is 2.61. The van der Waals surface area contributed by atoms with Crippen LogP contribution in [0, 0.1) is 5.41 Å². The fraction of sp³-hybridized carbons (Fsp3) is 0.444. The Morgan fingerprint density at radius 3 is 2.52 bits per heavy atom. The van der Waals surface area contributed by atoms with E-state index in [0.29, 0.717) is 22.3 Å². The number of rotatable bonds is 5. The minimum atomic E-state index is -4.86. The van der Waals surface area contributed by atoms with Crippen LogP contribution in [0.25, 0.3) is 0 Å². The van der Waals surface area contributed by atoms with Crippen molar-refractivity contribution in [1.82, 2.24) is 4.90 Å². The third-order valence-corrected chi connectivity index (χ3v) is 4.91. The lowest BCUT2D eigenvalue weighted by Gasteiger charge is -2.35. The second kappa shape index (κ2) is 8.65.